The molecule has 1 aromatic rings. The summed E-state index contributed by atoms with van der Waals surface area (Å²) in [5.74, 6) is 1.01. The maximum absolute atomic E-state index is 9.07. The van der Waals surface area contributed by atoms with Crippen LogP contribution in [0.3, 0.4) is 0 Å². The van der Waals surface area contributed by atoms with Crippen molar-refractivity contribution in [1.82, 2.24) is 9.78 Å². The zero-order valence-electron chi connectivity index (χ0n) is 7.66. The monoisotopic (exact) mass is 186 g/mol. The van der Waals surface area contributed by atoms with Gasteiger partial charge < -0.3 is 5.11 Å². The van der Waals surface area contributed by atoms with Gasteiger partial charge in [-0.15, -0.1) is 11.8 Å². The lowest BCUT2D eigenvalue weighted by molar-refractivity contribution is 0.277. The molecule has 0 aliphatic heterocycles. The SMILES string of the molecule is CCSc1c(CO)c(C)nn1C. The first-order chi connectivity index (χ1) is 5.70. The number of thioether (sulfide) groups is 1. The van der Waals surface area contributed by atoms with Gasteiger partial charge in [0, 0.05) is 12.6 Å². The van der Waals surface area contributed by atoms with Crippen LogP contribution in [0.2, 0.25) is 0 Å². The van der Waals surface area contributed by atoms with Gasteiger partial charge in [-0.2, -0.15) is 5.10 Å². The number of aliphatic hydroxyl groups is 1. The number of nitrogens with zero attached hydrogens (tertiary/aromatic N) is 2. The minimum absolute atomic E-state index is 0.0853. The second-order valence-corrected chi connectivity index (χ2v) is 3.84. The minimum Gasteiger partial charge on any atom is -0.392 e. The molecular weight excluding hydrogens is 172 g/mol. The largest absolute Gasteiger partial charge is 0.392 e. The number of aromatic nitrogens is 2. The summed E-state index contributed by atoms with van der Waals surface area (Å²) in [6.45, 7) is 4.10. The fourth-order valence-corrected chi connectivity index (χ4v) is 2.07. The van der Waals surface area contributed by atoms with Gasteiger partial charge in [-0.1, -0.05) is 6.92 Å². The van der Waals surface area contributed by atoms with Crippen LogP contribution < -0.4 is 0 Å². The molecule has 1 aromatic heterocycles. The van der Waals surface area contributed by atoms with E-state index in [1.165, 1.54) is 0 Å². The molecule has 3 nitrogen and oxygen atoms in total. The van der Waals surface area contributed by atoms with E-state index >= 15 is 0 Å². The zero-order chi connectivity index (χ0) is 9.14. The molecule has 0 spiro atoms. The van der Waals surface area contributed by atoms with E-state index in [1.54, 1.807) is 11.8 Å². The van der Waals surface area contributed by atoms with Gasteiger partial charge >= 0.3 is 0 Å². The summed E-state index contributed by atoms with van der Waals surface area (Å²) in [6.07, 6.45) is 0. The molecule has 0 atom stereocenters. The Morgan fingerprint density at radius 1 is 1.58 bits per heavy atom. The van der Waals surface area contributed by atoms with E-state index in [0.29, 0.717) is 0 Å². The summed E-state index contributed by atoms with van der Waals surface area (Å²) in [5, 5.41) is 14.4. The summed E-state index contributed by atoms with van der Waals surface area (Å²) in [6, 6.07) is 0. The van der Waals surface area contributed by atoms with Gasteiger partial charge in [0.25, 0.3) is 0 Å². The van der Waals surface area contributed by atoms with Crippen LogP contribution in [-0.4, -0.2) is 20.6 Å². The minimum atomic E-state index is 0.0853. The van der Waals surface area contributed by atoms with Gasteiger partial charge in [-0.05, 0) is 12.7 Å². The number of hydrogen-bond donors (Lipinski definition) is 1. The quantitative estimate of drug-likeness (QED) is 0.724. The molecule has 0 radical (unpaired) electrons. The first kappa shape index (κ1) is 9.61. The number of hydrogen-bond acceptors (Lipinski definition) is 3. The Morgan fingerprint density at radius 3 is 2.75 bits per heavy atom. The predicted molar refractivity (Wildman–Crippen MR) is 50.3 cm³/mol. The van der Waals surface area contributed by atoms with Gasteiger partial charge in [0.05, 0.1) is 17.3 Å². The highest BCUT2D eigenvalue weighted by Gasteiger charge is 2.11. The third-order valence-corrected chi connectivity index (χ3v) is 2.80. The lowest BCUT2D eigenvalue weighted by Gasteiger charge is -2.00. The molecule has 1 rings (SSSR count). The highest BCUT2D eigenvalue weighted by molar-refractivity contribution is 7.99. The van der Waals surface area contributed by atoms with E-state index in [9.17, 15) is 0 Å². The second-order valence-electron chi connectivity index (χ2n) is 2.58. The summed E-state index contributed by atoms with van der Waals surface area (Å²) in [7, 11) is 1.91. The molecule has 12 heavy (non-hydrogen) atoms. The fourth-order valence-electron chi connectivity index (χ4n) is 1.18. The highest BCUT2D eigenvalue weighted by Crippen LogP contribution is 2.24. The van der Waals surface area contributed by atoms with Crippen LogP contribution >= 0.6 is 11.8 Å². The normalized spacial score (nSPS) is 10.7. The average molecular weight is 186 g/mol. The van der Waals surface area contributed by atoms with Crippen LogP contribution in [-0.2, 0) is 13.7 Å². The molecule has 0 aromatic carbocycles. The van der Waals surface area contributed by atoms with E-state index < -0.39 is 0 Å². The van der Waals surface area contributed by atoms with Crippen LogP contribution in [0.5, 0.6) is 0 Å². The Kier molecular flexibility index (Phi) is 3.17. The van der Waals surface area contributed by atoms with Gasteiger partial charge in [0.2, 0.25) is 0 Å². The Labute approximate surface area is 76.8 Å². The first-order valence-electron chi connectivity index (χ1n) is 3.96. The summed E-state index contributed by atoms with van der Waals surface area (Å²) in [5.41, 5.74) is 1.89. The summed E-state index contributed by atoms with van der Waals surface area (Å²) < 4.78 is 1.83. The van der Waals surface area contributed by atoms with Crippen molar-refractivity contribution in [3.8, 4) is 0 Å². The topological polar surface area (TPSA) is 38.1 Å². The van der Waals surface area contributed by atoms with E-state index in [2.05, 4.69) is 12.0 Å². The van der Waals surface area contributed by atoms with E-state index in [-0.39, 0.29) is 6.61 Å². The molecule has 1 heterocycles. The molecule has 4 heteroatoms. The smallest absolute Gasteiger partial charge is 0.0994 e. The van der Waals surface area contributed by atoms with Crippen molar-refractivity contribution in [1.29, 1.82) is 0 Å². The molecule has 1 N–H and O–H groups in total. The van der Waals surface area contributed by atoms with Crippen LogP contribution in [0.4, 0.5) is 0 Å². The number of rotatable bonds is 3. The lowest BCUT2D eigenvalue weighted by atomic mass is 10.3. The van der Waals surface area contributed by atoms with Crippen molar-refractivity contribution in [3.63, 3.8) is 0 Å². The molecule has 0 bridgehead atoms. The molecule has 0 aliphatic carbocycles. The van der Waals surface area contributed by atoms with E-state index in [4.69, 9.17) is 5.11 Å². The summed E-state index contributed by atoms with van der Waals surface area (Å²) >= 11 is 1.71. The van der Waals surface area contributed by atoms with Crippen LogP contribution in [0.1, 0.15) is 18.2 Å². The Morgan fingerprint density at radius 2 is 2.25 bits per heavy atom. The Bertz CT molecular complexity index is 270. The molecule has 0 aliphatic rings. The van der Waals surface area contributed by atoms with E-state index in [1.807, 2.05) is 18.7 Å². The van der Waals surface area contributed by atoms with Gasteiger partial charge in [0.15, 0.2) is 0 Å². The molecule has 0 unspecified atom stereocenters. The van der Waals surface area contributed by atoms with Crippen molar-refractivity contribution in [2.24, 2.45) is 7.05 Å². The molecule has 0 amide bonds. The van der Waals surface area contributed by atoms with Gasteiger partial charge in [-0.3, -0.25) is 4.68 Å². The Balaban J connectivity index is 3.04. The standard InChI is InChI=1S/C8H14N2OS/c1-4-12-8-7(5-11)6(2)9-10(8)3/h11H,4-5H2,1-3H3. The van der Waals surface area contributed by atoms with Crippen molar-refractivity contribution in [2.45, 2.75) is 25.5 Å². The third-order valence-electron chi connectivity index (χ3n) is 1.73. The highest BCUT2D eigenvalue weighted by atomic mass is 32.2. The third kappa shape index (κ3) is 1.64. The zero-order valence-corrected chi connectivity index (χ0v) is 8.48. The number of aliphatic hydroxyl groups excluding tert-OH is 1. The predicted octanol–water partition coefficient (Wildman–Crippen LogP) is 1.33. The molecule has 68 valence electrons. The molecule has 0 saturated carbocycles. The van der Waals surface area contributed by atoms with Crippen LogP contribution in [0.15, 0.2) is 5.03 Å². The molecular formula is C8H14N2OS. The van der Waals surface area contributed by atoms with Gasteiger partial charge in [-0.25, -0.2) is 0 Å². The summed E-state index contributed by atoms with van der Waals surface area (Å²) in [4.78, 5) is 0. The molecule has 0 saturated heterocycles. The molecule has 0 fully saturated rings. The van der Waals surface area contributed by atoms with Gasteiger partial charge in [0.1, 0.15) is 0 Å². The maximum atomic E-state index is 9.07. The average Bonchev–Trinajstić information content (AvgIpc) is 2.28. The fraction of sp³-hybridized carbons (Fsp3) is 0.625. The Hall–Kier alpha value is -0.480. The first-order valence-corrected chi connectivity index (χ1v) is 4.95. The van der Waals surface area contributed by atoms with Crippen molar-refractivity contribution >= 4 is 11.8 Å². The second kappa shape index (κ2) is 3.96. The van der Waals surface area contributed by atoms with Crippen LogP contribution in [0.25, 0.3) is 0 Å². The number of aryl methyl sites for hydroxylation is 2. The maximum Gasteiger partial charge on any atom is 0.0994 e. The van der Waals surface area contributed by atoms with Crippen molar-refractivity contribution in [2.75, 3.05) is 5.75 Å². The van der Waals surface area contributed by atoms with Crippen molar-refractivity contribution in [3.05, 3.63) is 11.3 Å². The lowest BCUT2D eigenvalue weighted by Crippen LogP contribution is -1.93. The van der Waals surface area contributed by atoms with Crippen LogP contribution in [0, 0.1) is 6.92 Å². The van der Waals surface area contributed by atoms with Crippen molar-refractivity contribution < 1.29 is 5.11 Å². The van der Waals surface area contributed by atoms with E-state index in [0.717, 1.165) is 22.0 Å².